The molecule has 1 atom stereocenters. The summed E-state index contributed by atoms with van der Waals surface area (Å²) in [6, 6.07) is 8.20. The average Bonchev–Trinajstić information content (AvgIpc) is 2.67. The highest BCUT2D eigenvalue weighted by Crippen LogP contribution is 2.16. The Hall–Kier alpha value is -1.32. The first-order chi connectivity index (χ1) is 8.56. The van der Waals surface area contributed by atoms with Gasteiger partial charge in [0, 0.05) is 36.4 Å². The predicted molar refractivity (Wildman–Crippen MR) is 74.7 cm³/mol. The summed E-state index contributed by atoms with van der Waals surface area (Å²) in [5.74, 6) is 0. The van der Waals surface area contributed by atoms with E-state index in [1.165, 1.54) is 11.1 Å². The Labute approximate surface area is 113 Å². The van der Waals surface area contributed by atoms with E-state index in [0.717, 1.165) is 17.3 Å². The summed E-state index contributed by atoms with van der Waals surface area (Å²) < 4.78 is 1.85. The van der Waals surface area contributed by atoms with Gasteiger partial charge in [-0.3, -0.25) is 4.68 Å². The fourth-order valence-electron chi connectivity index (χ4n) is 2.03. The van der Waals surface area contributed by atoms with Gasteiger partial charge in [-0.05, 0) is 31.5 Å². The van der Waals surface area contributed by atoms with E-state index in [-0.39, 0.29) is 6.04 Å². The van der Waals surface area contributed by atoms with Gasteiger partial charge in [-0.2, -0.15) is 5.10 Å². The van der Waals surface area contributed by atoms with E-state index in [9.17, 15) is 0 Å². The smallest absolute Gasteiger partial charge is 0.0641 e. The summed E-state index contributed by atoms with van der Waals surface area (Å²) in [6.07, 6.45) is 2.06. The van der Waals surface area contributed by atoms with Crippen molar-refractivity contribution in [3.63, 3.8) is 0 Å². The van der Waals surface area contributed by atoms with Crippen LogP contribution in [-0.4, -0.2) is 9.78 Å². The maximum absolute atomic E-state index is 5.86. The summed E-state index contributed by atoms with van der Waals surface area (Å²) in [4.78, 5) is 0. The first-order valence-corrected chi connectivity index (χ1v) is 6.42. The molecule has 4 heteroatoms. The maximum Gasteiger partial charge on any atom is 0.0641 e. The molecule has 1 aromatic carbocycles. The van der Waals surface area contributed by atoms with Crippen molar-refractivity contribution in [2.24, 2.45) is 7.05 Å². The number of benzene rings is 1. The number of hydrogen-bond donors (Lipinski definition) is 1. The highest BCUT2D eigenvalue weighted by molar-refractivity contribution is 6.30. The Morgan fingerprint density at radius 1 is 1.33 bits per heavy atom. The third kappa shape index (κ3) is 3.12. The van der Waals surface area contributed by atoms with Gasteiger partial charge >= 0.3 is 0 Å². The highest BCUT2D eigenvalue weighted by Gasteiger charge is 2.10. The van der Waals surface area contributed by atoms with Crippen LogP contribution in [0.1, 0.15) is 29.8 Å². The summed E-state index contributed by atoms with van der Waals surface area (Å²) in [5, 5.41) is 8.62. The molecule has 0 spiro atoms. The zero-order valence-electron chi connectivity index (χ0n) is 10.9. The molecule has 1 unspecified atom stereocenters. The van der Waals surface area contributed by atoms with Crippen LogP contribution in [-0.2, 0) is 13.6 Å². The molecule has 0 saturated heterocycles. The molecule has 0 bridgehead atoms. The average molecular weight is 264 g/mol. The van der Waals surface area contributed by atoms with Crippen LogP contribution in [0.25, 0.3) is 0 Å². The molecule has 2 rings (SSSR count). The molecule has 96 valence electrons. The number of aryl methyl sites for hydroxylation is 2. The van der Waals surface area contributed by atoms with E-state index in [2.05, 4.69) is 23.5 Å². The van der Waals surface area contributed by atoms with Crippen LogP contribution in [0.15, 0.2) is 30.5 Å². The first-order valence-electron chi connectivity index (χ1n) is 6.04. The van der Waals surface area contributed by atoms with Crippen LogP contribution in [0.3, 0.4) is 0 Å². The Balaban J connectivity index is 1.98. The van der Waals surface area contributed by atoms with E-state index >= 15 is 0 Å². The minimum Gasteiger partial charge on any atom is -0.306 e. The summed E-state index contributed by atoms with van der Waals surface area (Å²) in [7, 11) is 1.95. The number of rotatable bonds is 4. The highest BCUT2D eigenvalue weighted by atomic mass is 35.5. The molecule has 0 saturated carbocycles. The zero-order valence-corrected chi connectivity index (χ0v) is 11.7. The van der Waals surface area contributed by atoms with Crippen molar-refractivity contribution < 1.29 is 0 Å². The lowest BCUT2D eigenvalue weighted by molar-refractivity contribution is 0.572. The molecule has 0 aliphatic heterocycles. The van der Waals surface area contributed by atoms with Crippen LogP contribution in [0.2, 0.25) is 5.02 Å². The lowest BCUT2D eigenvalue weighted by Crippen LogP contribution is -2.18. The van der Waals surface area contributed by atoms with Gasteiger partial charge in [0.2, 0.25) is 0 Å². The van der Waals surface area contributed by atoms with E-state index in [1.807, 2.05) is 42.9 Å². The third-order valence-corrected chi connectivity index (χ3v) is 3.30. The van der Waals surface area contributed by atoms with Gasteiger partial charge in [-0.15, -0.1) is 0 Å². The first kappa shape index (κ1) is 13.1. The topological polar surface area (TPSA) is 29.9 Å². The van der Waals surface area contributed by atoms with Gasteiger partial charge in [0.15, 0.2) is 0 Å². The molecule has 18 heavy (non-hydrogen) atoms. The predicted octanol–water partition coefficient (Wildman–Crippen LogP) is 3.23. The van der Waals surface area contributed by atoms with Gasteiger partial charge in [0.1, 0.15) is 0 Å². The van der Waals surface area contributed by atoms with Crippen LogP contribution in [0, 0.1) is 6.92 Å². The normalized spacial score (nSPS) is 12.7. The van der Waals surface area contributed by atoms with Gasteiger partial charge in [0.05, 0.1) is 5.69 Å². The van der Waals surface area contributed by atoms with E-state index in [1.54, 1.807) is 0 Å². The summed E-state index contributed by atoms with van der Waals surface area (Å²) in [5.41, 5.74) is 3.55. The van der Waals surface area contributed by atoms with Gasteiger partial charge in [-0.25, -0.2) is 0 Å². The number of nitrogens with zero attached hydrogens (tertiary/aromatic N) is 2. The molecule has 3 nitrogen and oxygen atoms in total. The molecule has 0 aliphatic rings. The van der Waals surface area contributed by atoms with Crippen molar-refractivity contribution in [1.29, 1.82) is 0 Å². The fraction of sp³-hybridized carbons (Fsp3) is 0.357. The molecule has 1 heterocycles. The number of hydrogen-bond acceptors (Lipinski definition) is 2. The monoisotopic (exact) mass is 263 g/mol. The fourth-order valence-corrected chi connectivity index (χ4v) is 2.15. The van der Waals surface area contributed by atoms with E-state index < -0.39 is 0 Å². The molecule has 2 aromatic rings. The minimum absolute atomic E-state index is 0.286. The second-order valence-electron chi connectivity index (χ2n) is 4.57. The van der Waals surface area contributed by atoms with Gasteiger partial charge in [0.25, 0.3) is 0 Å². The van der Waals surface area contributed by atoms with Crippen molar-refractivity contribution in [3.05, 3.63) is 52.3 Å². The summed E-state index contributed by atoms with van der Waals surface area (Å²) >= 11 is 5.86. The van der Waals surface area contributed by atoms with E-state index in [0.29, 0.717) is 0 Å². The molecular formula is C14H18ClN3. The molecule has 1 N–H and O–H groups in total. The van der Waals surface area contributed by atoms with Crippen molar-refractivity contribution in [2.75, 3.05) is 0 Å². The second kappa shape index (κ2) is 5.55. The SMILES string of the molecule is Cc1nn(C)cc1C(C)NCc1ccc(Cl)cc1. The van der Waals surface area contributed by atoms with Crippen LogP contribution in [0.4, 0.5) is 0 Å². The Bertz CT molecular complexity index is 516. The van der Waals surface area contributed by atoms with Crippen molar-refractivity contribution in [1.82, 2.24) is 15.1 Å². The third-order valence-electron chi connectivity index (χ3n) is 3.04. The molecule has 0 radical (unpaired) electrons. The largest absolute Gasteiger partial charge is 0.306 e. The molecular weight excluding hydrogens is 246 g/mol. The minimum atomic E-state index is 0.286. The lowest BCUT2D eigenvalue weighted by Gasteiger charge is -2.13. The van der Waals surface area contributed by atoms with Gasteiger partial charge in [-0.1, -0.05) is 23.7 Å². The number of nitrogens with one attached hydrogen (secondary N) is 1. The Morgan fingerprint density at radius 3 is 2.56 bits per heavy atom. The molecule has 0 aliphatic carbocycles. The molecule has 0 amide bonds. The standard InChI is InChI=1S/C14H18ClN3/c1-10(14-9-18(3)17-11(14)2)16-8-12-4-6-13(15)7-5-12/h4-7,9-10,16H,8H2,1-3H3. The van der Waals surface area contributed by atoms with E-state index in [4.69, 9.17) is 11.6 Å². The van der Waals surface area contributed by atoms with Crippen molar-refractivity contribution in [2.45, 2.75) is 26.4 Å². The van der Waals surface area contributed by atoms with Gasteiger partial charge < -0.3 is 5.32 Å². The van der Waals surface area contributed by atoms with Crippen LogP contribution < -0.4 is 5.32 Å². The van der Waals surface area contributed by atoms with Crippen molar-refractivity contribution >= 4 is 11.6 Å². The molecule has 0 fully saturated rings. The Morgan fingerprint density at radius 2 is 2.00 bits per heavy atom. The lowest BCUT2D eigenvalue weighted by atomic mass is 10.1. The summed E-state index contributed by atoms with van der Waals surface area (Å²) in [6.45, 7) is 5.02. The quantitative estimate of drug-likeness (QED) is 0.918. The second-order valence-corrected chi connectivity index (χ2v) is 5.01. The number of halogens is 1. The van der Waals surface area contributed by atoms with Crippen LogP contribution in [0.5, 0.6) is 0 Å². The molecule has 1 aromatic heterocycles. The Kier molecular flexibility index (Phi) is 4.04. The zero-order chi connectivity index (χ0) is 13.1. The van der Waals surface area contributed by atoms with Crippen molar-refractivity contribution in [3.8, 4) is 0 Å². The number of aromatic nitrogens is 2. The van der Waals surface area contributed by atoms with Crippen LogP contribution >= 0.6 is 11.6 Å². The maximum atomic E-state index is 5.86.